The van der Waals surface area contributed by atoms with Gasteiger partial charge in [-0.1, -0.05) is 6.07 Å². The molecular weight excluding hydrogens is 423 g/mol. The second kappa shape index (κ2) is 8.26. The first kappa shape index (κ1) is 19.4. The summed E-state index contributed by atoms with van der Waals surface area (Å²) >= 11 is 7.81. The van der Waals surface area contributed by atoms with E-state index < -0.39 is 0 Å². The van der Waals surface area contributed by atoms with E-state index in [1.807, 2.05) is 29.6 Å². The molecule has 0 atom stereocenters. The normalized spacial score (nSPS) is 14.4. The van der Waals surface area contributed by atoms with E-state index in [1.165, 1.54) is 6.07 Å². The van der Waals surface area contributed by atoms with Crippen molar-refractivity contribution >= 4 is 39.5 Å². The Balaban J connectivity index is 1.58. The molecule has 0 spiro atoms. The Labute approximate surface area is 182 Å². The van der Waals surface area contributed by atoms with Crippen LogP contribution < -0.4 is 4.90 Å². The van der Waals surface area contributed by atoms with Crippen LogP contribution in [0.1, 0.15) is 10.6 Å². The van der Waals surface area contributed by atoms with Crippen molar-refractivity contribution in [3.63, 3.8) is 0 Å². The maximum absolute atomic E-state index is 14.8. The molecule has 0 aliphatic carbocycles. The molecule has 8 heteroatoms. The Morgan fingerprint density at radius 1 is 1.10 bits per heavy atom. The SMILES string of the molecule is Fc1ccc(Cc2nccs2)cc1-c1nc(Cl)nc2cc(N3CCOCC3)ccc12. The van der Waals surface area contributed by atoms with Crippen LogP contribution in [-0.4, -0.2) is 41.3 Å². The molecule has 0 saturated carbocycles. The van der Waals surface area contributed by atoms with Crippen molar-refractivity contribution in [3.05, 3.63) is 69.6 Å². The molecule has 3 heterocycles. The average molecular weight is 441 g/mol. The standard InChI is InChI=1S/C22H18ClFN4OS/c23-22-26-19-13-15(28-6-8-29-9-7-28)2-3-16(19)21(27-22)17-11-14(1-4-18(17)24)12-20-25-5-10-30-20/h1-5,10-11,13H,6-9,12H2. The molecule has 0 N–H and O–H groups in total. The molecule has 0 amide bonds. The summed E-state index contributed by atoms with van der Waals surface area (Å²) in [7, 11) is 0. The Hall–Kier alpha value is -2.61. The third-order valence-corrected chi connectivity index (χ3v) is 6.10. The van der Waals surface area contributed by atoms with Crippen LogP contribution in [-0.2, 0) is 11.2 Å². The topological polar surface area (TPSA) is 51.1 Å². The fourth-order valence-electron chi connectivity index (χ4n) is 3.69. The number of morpholine rings is 1. The van der Waals surface area contributed by atoms with E-state index in [2.05, 4.69) is 19.9 Å². The molecule has 4 aromatic rings. The highest BCUT2D eigenvalue weighted by molar-refractivity contribution is 7.09. The zero-order valence-corrected chi connectivity index (χ0v) is 17.6. The largest absolute Gasteiger partial charge is 0.378 e. The Kier molecular flexibility index (Phi) is 5.33. The number of aromatic nitrogens is 3. The number of hydrogen-bond donors (Lipinski definition) is 0. The lowest BCUT2D eigenvalue weighted by molar-refractivity contribution is 0.122. The molecule has 2 aromatic carbocycles. The first-order valence-electron chi connectivity index (χ1n) is 9.64. The van der Waals surface area contributed by atoms with Gasteiger partial charge in [0.25, 0.3) is 0 Å². The van der Waals surface area contributed by atoms with Gasteiger partial charge in [-0.15, -0.1) is 11.3 Å². The molecule has 1 aliphatic rings. The number of hydrogen-bond acceptors (Lipinski definition) is 6. The van der Waals surface area contributed by atoms with E-state index in [1.54, 1.807) is 23.6 Å². The van der Waals surface area contributed by atoms with Crippen molar-refractivity contribution in [2.75, 3.05) is 31.2 Å². The van der Waals surface area contributed by atoms with Crippen molar-refractivity contribution in [2.24, 2.45) is 0 Å². The van der Waals surface area contributed by atoms with Crippen molar-refractivity contribution in [2.45, 2.75) is 6.42 Å². The molecule has 1 fully saturated rings. The minimum Gasteiger partial charge on any atom is -0.378 e. The first-order valence-corrected chi connectivity index (χ1v) is 10.9. The van der Waals surface area contributed by atoms with Gasteiger partial charge in [-0.2, -0.15) is 0 Å². The number of benzene rings is 2. The van der Waals surface area contributed by atoms with Crippen molar-refractivity contribution in [1.82, 2.24) is 15.0 Å². The van der Waals surface area contributed by atoms with Crippen LogP contribution in [0.2, 0.25) is 5.28 Å². The van der Waals surface area contributed by atoms with Gasteiger partial charge in [0.15, 0.2) is 0 Å². The van der Waals surface area contributed by atoms with Crippen LogP contribution in [0.15, 0.2) is 48.0 Å². The zero-order chi connectivity index (χ0) is 20.5. The summed E-state index contributed by atoms with van der Waals surface area (Å²) in [6.07, 6.45) is 2.41. The number of thiazole rings is 1. The first-order chi connectivity index (χ1) is 14.7. The van der Waals surface area contributed by atoms with E-state index >= 15 is 0 Å². The third kappa shape index (κ3) is 3.88. The van der Waals surface area contributed by atoms with Crippen molar-refractivity contribution < 1.29 is 9.13 Å². The molecule has 1 saturated heterocycles. The van der Waals surface area contributed by atoms with Gasteiger partial charge in [-0.3, -0.25) is 0 Å². The van der Waals surface area contributed by atoms with E-state index in [0.717, 1.165) is 34.7 Å². The van der Waals surface area contributed by atoms with Gasteiger partial charge >= 0.3 is 0 Å². The molecule has 1 aliphatic heterocycles. The number of nitrogens with zero attached hydrogens (tertiary/aromatic N) is 4. The molecule has 0 unspecified atom stereocenters. The highest BCUT2D eigenvalue weighted by Gasteiger charge is 2.17. The number of fused-ring (bicyclic) bond motifs is 1. The van der Waals surface area contributed by atoms with Crippen LogP contribution >= 0.6 is 22.9 Å². The van der Waals surface area contributed by atoms with Gasteiger partial charge in [0.05, 0.1) is 29.4 Å². The molecule has 5 rings (SSSR count). The molecule has 0 bridgehead atoms. The maximum Gasteiger partial charge on any atom is 0.223 e. The van der Waals surface area contributed by atoms with E-state index in [4.69, 9.17) is 16.3 Å². The summed E-state index contributed by atoms with van der Waals surface area (Å²) in [5, 5.41) is 3.78. The Morgan fingerprint density at radius 3 is 2.77 bits per heavy atom. The van der Waals surface area contributed by atoms with Crippen LogP contribution in [0.5, 0.6) is 0 Å². The maximum atomic E-state index is 14.8. The number of halogens is 2. The summed E-state index contributed by atoms with van der Waals surface area (Å²) in [5.74, 6) is -0.341. The smallest absolute Gasteiger partial charge is 0.223 e. The van der Waals surface area contributed by atoms with Crippen molar-refractivity contribution in [3.8, 4) is 11.3 Å². The van der Waals surface area contributed by atoms with Gasteiger partial charge in [0.1, 0.15) is 5.82 Å². The molecular formula is C22H18ClFN4OS. The Morgan fingerprint density at radius 2 is 1.97 bits per heavy atom. The quantitative estimate of drug-likeness (QED) is 0.419. The lowest BCUT2D eigenvalue weighted by atomic mass is 10.0. The molecule has 2 aromatic heterocycles. The Bertz CT molecular complexity index is 1200. The minimum absolute atomic E-state index is 0.0985. The van der Waals surface area contributed by atoms with Gasteiger partial charge in [0, 0.05) is 47.7 Å². The van der Waals surface area contributed by atoms with Gasteiger partial charge in [-0.25, -0.2) is 19.3 Å². The van der Waals surface area contributed by atoms with Gasteiger partial charge in [-0.05, 0) is 47.5 Å². The molecule has 30 heavy (non-hydrogen) atoms. The van der Waals surface area contributed by atoms with Gasteiger partial charge in [0.2, 0.25) is 5.28 Å². The second-order valence-electron chi connectivity index (χ2n) is 7.06. The molecule has 152 valence electrons. The fraction of sp³-hybridized carbons (Fsp3) is 0.227. The minimum atomic E-state index is -0.341. The van der Waals surface area contributed by atoms with Crippen LogP contribution in [0.25, 0.3) is 22.2 Å². The number of anilines is 1. The van der Waals surface area contributed by atoms with Crippen molar-refractivity contribution in [1.29, 1.82) is 0 Å². The lowest BCUT2D eigenvalue weighted by Crippen LogP contribution is -2.36. The fourth-order valence-corrected chi connectivity index (χ4v) is 4.52. The summed E-state index contributed by atoms with van der Waals surface area (Å²) in [4.78, 5) is 15.3. The highest BCUT2D eigenvalue weighted by Crippen LogP contribution is 2.32. The summed E-state index contributed by atoms with van der Waals surface area (Å²) in [6, 6.07) is 11.0. The summed E-state index contributed by atoms with van der Waals surface area (Å²) in [5.41, 5.74) is 3.62. The predicted octanol–water partition coefficient (Wildman–Crippen LogP) is 4.97. The second-order valence-corrected chi connectivity index (χ2v) is 8.38. The lowest BCUT2D eigenvalue weighted by Gasteiger charge is -2.29. The summed E-state index contributed by atoms with van der Waals surface area (Å²) in [6.45, 7) is 3.05. The van der Waals surface area contributed by atoms with Gasteiger partial charge < -0.3 is 9.64 Å². The van der Waals surface area contributed by atoms with E-state index in [9.17, 15) is 4.39 Å². The molecule has 0 radical (unpaired) electrons. The zero-order valence-electron chi connectivity index (χ0n) is 16.0. The van der Waals surface area contributed by atoms with E-state index in [-0.39, 0.29) is 11.1 Å². The van der Waals surface area contributed by atoms with Crippen LogP contribution in [0.3, 0.4) is 0 Å². The van der Waals surface area contributed by atoms with Crippen LogP contribution in [0.4, 0.5) is 10.1 Å². The predicted molar refractivity (Wildman–Crippen MR) is 118 cm³/mol. The average Bonchev–Trinajstić information content (AvgIpc) is 3.28. The third-order valence-electron chi connectivity index (χ3n) is 5.15. The molecule has 5 nitrogen and oxygen atoms in total. The highest BCUT2D eigenvalue weighted by atomic mass is 35.5. The monoisotopic (exact) mass is 440 g/mol. The van der Waals surface area contributed by atoms with Crippen LogP contribution in [0, 0.1) is 5.82 Å². The summed E-state index contributed by atoms with van der Waals surface area (Å²) < 4.78 is 20.3. The number of ether oxygens (including phenoxy) is 1. The number of rotatable bonds is 4. The van der Waals surface area contributed by atoms with E-state index in [0.29, 0.717) is 36.4 Å².